The van der Waals surface area contributed by atoms with E-state index in [9.17, 15) is 0 Å². The number of nitrogens with zero attached hydrogens (tertiary/aromatic N) is 5. The quantitative estimate of drug-likeness (QED) is 0.324. The minimum absolute atomic E-state index is 0. The standard InChI is InChI=1S/2C10H8N2.C3H4N2.CH3.Os/c2*1-3-7-11-9(5-1)10-6-2-4-8-12-10;1-2-5-3-4-1;;/h2*1-8H;1-3H,(H,4,5);1H3;/q2*-2;;-1;+5. The van der Waals surface area contributed by atoms with Crippen LogP contribution in [0.3, 0.4) is 0 Å². The summed E-state index contributed by atoms with van der Waals surface area (Å²) in [6, 6.07) is 0. The van der Waals surface area contributed by atoms with Crippen molar-refractivity contribution >= 4 is 0 Å². The fourth-order valence-corrected chi connectivity index (χ4v) is 2.27. The van der Waals surface area contributed by atoms with E-state index in [-0.39, 0.29) is 27.2 Å². The van der Waals surface area contributed by atoms with E-state index in [4.69, 9.17) is 0 Å². The number of imidazole rings is 1. The Morgan fingerprint density at radius 1 is 0.548 bits per heavy atom. The van der Waals surface area contributed by atoms with Crippen LogP contribution in [0.5, 0.6) is 0 Å². The molecule has 0 amide bonds. The van der Waals surface area contributed by atoms with Gasteiger partial charge in [-0.05, 0) is 0 Å². The molecule has 7 heteroatoms. The summed E-state index contributed by atoms with van der Waals surface area (Å²) in [5.74, 6) is 0. The first-order chi connectivity index (χ1) is 14.4. The predicted molar refractivity (Wildman–Crippen MR) is 126 cm³/mol. The van der Waals surface area contributed by atoms with Gasteiger partial charge in [0.25, 0.3) is 0 Å². The number of aromatic nitrogens is 2. The van der Waals surface area contributed by atoms with Crippen LogP contribution in [-0.4, -0.2) is 9.97 Å². The minimum atomic E-state index is 0. The molecule has 5 heterocycles. The van der Waals surface area contributed by atoms with Crippen LogP contribution in [0.15, 0.2) is 139 Å². The van der Waals surface area contributed by atoms with E-state index in [1.54, 1.807) is 43.5 Å². The van der Waals surface area contributed by atoms with Gasteiger partial charge in [0, 0.05) is 12.4 Å². The summed E-state index contributed by atoms with van der Waals surface area (Å²) in [6.45, 7) is 0. The number of hydrogen-bond donors (Lipinski definition) is 1. The van der Waals surface area contributed by atoms with Crippen molar-refractivity contribution in [3.05, 3.63) is 168 Å². The maximum absolute atomic E-state index is 4.19. The van der Waals surface area contributed by atoms with Crippen molar-refractivity contribution in [3.8, 4) is 0 Å². The van der Waals surface area contributed by atoms with Crippen LogP contribution in [0.4, 0.5) is 0 Å². The number of hydrogen-bond acceptors (Lipinski definition) is 1. The molecule has 0 bridgehead atoms. The Hall–Kier alpha value is -3.55. The molecule has 0 unspecified atom stereocenters. The summed E-state index contributed by atoms with van der Waals surface area (Å²) in [5, 5.41) is 16.7. The number of nitrogens with one attached hydrogen (secondary N) is 1. The number of H-pyrrole nitrogens is 1. The van der Waals surface area contributed by atoms with Gasteiger partial charge in [-0.3, -0.25) is 0 Å². The first kappa shape index (κ1) is 25.5. The smallest absolute Gasteiger partial charge is 0.665 e. The largest absolute Gasteiger partial charge is 5.00 e. The molecule has 1 aromatic rings. The normalized spacial score (nSPS) is 20.9. The molecule has 6 nitrogen and oxygen atoms in total. The molecule has 0 aliphatic carbocycles. The van der Waals surface area contributed by atoms with Gasteiger partial charge >= 0.3 is 19.8 Å². The van der Waals surface area contributed by atoms with Crippen molar-refractivity contribution in [3.63, 3.8) is 0 Å². The van der Waals surface area contributed by atoms with Crippen LogP contribution in [0.2, 0.25) is 0 Å². The monoisotopic (exact) mass is 587 g/mol. The van der Waals surface area contributed by atoms with Gasteiger partial charge in [-0.15, -0.1) is 0 Å². The van der Waals surface area contributed by atoms with Crippen LogP contribution in [0.1, 0.15) is 0 Å². The second-order valence-electron chi connectivity index (χ2n) is 5.62. The van der Waals surface area contributed by atoms with Gasteiger partial charge in [0.2, 0.25) is 0 Å². The summed E-state index contributed by atoms with van der Waals surface area (Å²) in [5.41, 5.74) is 3.66. The zero-order chi connectivity index (χ0) is 20.0. The summed E-state index contributed by atoms with van der Waals surface area (Å²) in [6.07, 6.45) is 35.3. The van der Waals surface area contributed by atoms with E-state index in [0.717, 1.165) is 22.8 Å². The maximum atomic E-state index is 4.19. The molecule has 5 rings (SSSR count). The molecular formula is C24H23N6Os. The molecule has 0 fully saturated rings. The Bertz CT molecular complexity index is 807. The third kappa shape index (κ3) is 9.20. The third-order valence-corrected chi connectivity index (χ3v) is 3.59. The Balaban J connectivity index is 0.000000242. The fourth-order valence-electron chi connectivity index (χ4n) is 2.27. The molecular weight excluding hydrogens is 563 g/mol. The van der Waals surface area contributed by atoms with E-state index >= 15 is 0 Å². The average molecular weight is 586 g/mol. The molecule has 0 saturated carbocycles. The predicted octanol–water partition coefficient (Wildman–Crippen LogP) is 7.08. The first-order valence-electron chi connectivity index (χ1n) is 9.01. The van der Waals surface area contributed by atoms with E-state index in [1.807, 2.05) is 72.9 Å². The van der Waals surface area contributed by atoms with Crippen molar-refractivity contribution in [2.24, 2.45) is 0 Å². The van der Waals surface area contributed by atoms with Gasteiger partial charge in [0.15, 0.2) is 0 Å². The molecule has 0 spiro atoms. The second kappa shape index (κ2) is 15.3. The number of allylic oxidation sites excluding steroid dienone is 12. The van der Waals surface area contributed by atoms with Crippen molar-refractivity contribution in [2.75, 3.05) is 0 Å². The SMILES string of the molecule is C1=C[N-]C(=C2C=CC=C[N-]2)C=C1.C1=C[N-]C(=C2C=CC=C[N-]2)C=C1.[CH3-].[Os+5].c1c[nH]cn1. The Labute approximate surface area is 197 Å². The summed E-state index contributed by atoms with van der Waals surface area (Å²) >= 11 is 0. The van der Waals surface area contributed by atoms with Crippen molar-refractivity contribution in [1.82, 2.24) is 9.97 Å². The van der Waals surface area contributed by atoms with Crippen molar-refractivity contribution in [1.29, 1.82) is 0 Å². The van der Waals surface area contributed by atoms with Crippen LogP contribution in [0.25, 0.3) is 21.3 Å². The van der Waals surface area contributed by atoms with Gasteiger partial charge in [0.05, 0.1) is 6.33 Å². The van der Waals surface area contributed by atoms with Gasteiger partial charge < -0.3 is 33.7 Å². The fraction of sp³-hybridized carbons (Fsp3) is 0. The van der Waals surface area contributed by atoms with E-state index in [2.05, 4.69) is 31.2 Å². The van der Waals surface area contributed by atoms with Gasteiger partial charge in [-0.25, -0.2) is 4.98 Å². The third-order valence-electron chi connectivity index (χ3n) is 3.59. The average Bonchev–Trinajstić information content (AvgIpc) is 3.42. The first-order valence-corrected chi connectivity index (χ1v) is 9.01. The van der Waals surface area contributed by atoms with E-state index in [1.165, 1.54) is 0 Å². The summed E-state index contributed by atoms with van der Waals surface area (Å²) in [4.78, 5) is 6.42. The zero-order valence-electron chi connectivity index (χ0n) is 17.1. The Kier molecular flexibility index (Phi) is 12.6. The Morgan fingerprint density at radius 3 is 1.06 bits per heavy atom. The van der Waals surface area contributed by atoms with Crippen LogP contribution in [0, 0.1) is 7.43 Å². The topological polar surface area (TPSA) is 85.1 Å². The molecule has 4 aliphatic heterocycles. The number of aromatic amines is 1. The Morgan fingerprint density at radius 2 is 0.903 bits per heavy atom. The molecule has 31 heavy (non-hydrogen) atoms. The molecule has 1 N–H and O–H groups in total. The maximum Gasteiger partial charge on any atom is 5.00 e. The molecule has 1 aromatic heterocycles. The molecule has 157 valence electrons. The number of rotatable bonds is 0. The summed E-state index contributed by atoms with van der Waals surface area (Å²) in [7, 11) is 0. The van der Waals surface area contributed by atoms with Gasteiger partial charge in [-0.1, -0.05) is 72.9 Å². The molecule has 0 atom stereocenters. The zero-order valence-corrected chi connectivity index (χ0v) is 19.6. The van der Waals surface area contributed by atoms with Crippen LogP contribution in [-0.2, 0) is 19.8 Å². The van der Waals surface area contributed by atoms with E-state index in [0.29, 0.717) is 0 Å². The van der Waals surface area contributed by atoms with Crippen molar-refractivity contribution < 1.29 is 19.8 Å². The van der Waals surface area contributed by atoms with Crippen LogP contribution >= 0.6 is 0 Å². The van der Waals surface area contributed by atoms with Gasteiger partial charge in [-0.2, -0.15) is 47.6 Å². The molecule has 0 saturated heterocycles. The second-order valence-corrected chi connectivity index (χ2v) is 5.62. The van der Waals surface area contributed by atoms with E-state index < -0.39 is 0 Å². The molecule has 4 aliphatic rings. The van der Waals surface area contributed by atoms with Crippen molar-refractivity contribution in [2.45, 2.75) is 0 Å². The molecule has 1 radical (unpaired) electrons. The van der Waals surface area contributed by atoms with Crippen LogP contribution < -0.4 is 0 Å². The minimum Gasteiger partial charge on any atom is -0.665 e. The van der Waals surface area contributed by atoms with Gasteiger partial charge in [0.1, 0.15) is 0 Å². The summed E-state index contributed by atoms with van der Waals surface area (Å²) < 4.78 is 0. The molecule has 0 aromatic carbocycles.